The predicted molar refractivity (Wildman–Crippen MR) is 69.1 cm³/mol. The van der Waals surface area contributed by atoms with E-state index in [9.17, 15) is 14.9 Å². The summed E-state index contributed by atoms with van der Waals surface area (Å²) in [6.07, 6.45) is 1.31. The lowest BCUT2D eigenvalue weighted by Crippen LogP contribution is -2.00. The van der Waals surface area contributed by atoms with Gasteiger partial charge in [0, 0.05) is 24.4 Å². The minimum Gasteiger partial charge on any atom is -0.478 e. The normalized spacial score (nSPS) is 9.67. The number of nitrogens with zero attached hydrogens (tertiary/aromatic N) is 3. The molecule has 0 aliphatic carbocycles. The average molecular weight is 285 g/mol. The Balaban J connectivity index is 2.45. The number of hydrogen-bond donors (Lipinski definition) is 1. The number of hydrogen-bond acceptors (Lipinski definition) is 6. The van der Waals surface area contributed by atoms with Crippen molar-refractivity contribution in [3.8, 4) is 17.7 Å². The smallest absolute Gasteiger partial charge is 0.335 e. The van der Waals surface area contributed by atoms with E-state index in [-0.39, 0.29) is 22.8 Å². The number of benzene rings is 1. The van der Waals surface area contributed by atoms with Crippen LogP contribution in [0.4, 0.5) is 5.69 Å². The molecule has 2 rings (SSSR count). The first-order chi connectivity index (χ1) is 10.0. The summed E-state index contributed by atoms with van der Waals surface area (Å²) in [6.45, 7) is 0. The lowest BCUT2D eigenvalue weighted by atomic mass is 10.2. The van der Waals surface area contributed by atoms with Gasteiger partial charge in [0.25, 0.3) is 0 Å². The first-order valence-corrected chi connectivity index (χ1v) is 5.57. The van der Waals surface area contributed by atoms with E-state index in [0.717, 1.165) is 18.2 Å². The van der Waals surface area contributed by atoms with Crippen LogP contribution in [0, 0.1) is 21.4 Å². The second-order valence-electron chi connectivity index (χ2n) is 3.84. The average Bonchev–Trinajstić information content (AvgIpc) is 2.47. The van der Waals surface area contributed by atoms with Crippen LogP contribution in [0.15, 0.2) is 36.5 Å². The molecule has 21 heavy (non-hydrogen) atoms. The van der Waals surface area contributed by atoms with Crippen LogP contribution in [-0.2, 0) is 0 Å². The number of aromatic carboxylic acids is 1. The van der Waals surface area contributed by atoms with E-state index in [4.69, 9.17) is 15.1 Å². The van der Waals surface area contributed by atoms with Crippen LogP contribution < -0.4 is 4.74 Å². The third kappa shape index (κ3) is 3.10. The van der Waals surface area contributed by atoms with Crippen molar-refractivity contribution < 1.29 is 19.6 Å². The van der Waals surface area contributed by atoms with Crippen LogP contribution in [-0.4, -0.2) is 21.0 Å². The van der Waals surface area contributed by atoms with Crippen LogP contribution in [0.1, 0.15) is 15.9 Å². The highest BCUT2D eigenvalue weighted by Crippen LogP contribution is 2.31. The lowest BCUT2D eigenvalue weighted by Gasteiger charge is -2.06. The number of aromatic nitrogens is 1. The number of nitro groups is 1. The number of carboxylic acid groups (broad SMARTS) is 1. The molecule has 1 heterocycles. The van der Waals surface area contributed by atoms with E-state index in [1.165, 1.54) is 18.3 Å². The topological polar surface area (TPSA) is 126 Å². The number of nitriles is 1. The zero-order chi connectivity index (χ0) is 15.4. The molecule has 1 aromatic heterocycles. The molecule has 0 fully saturated rings. The van der Waals surface area contributed by atoms with Gasteiger partial charge in [0.15, 0.2) is 0 Å². The van der Waals surface area contributed by atoms with Crippen molar-refractivity contribution in [2.75, 3.05) is 0 Å². The van der Waals surface area contributed by atoms with E-state index < -0.39 is 16.6 Å². The Morgan fingerprint density at radius 3 is 2.76 bits per heavy atom. The summed E-state index contributed by atoms with van der Waals surface area (Å²) < 4.78 is 5.24. The van der Waals surface area contributed by atoms with Gasteiger partial charge in [-0.05, 0) is 12.1 Å². The molecule has 0 aliphatic rings. The summed E-state index contributed by atoms with van der Waals surface area (Å²) >= 11 is 0. The quantitative estimate of drug-likeness (QED) is 0.674. The fourth-order valence-corrected chi connectivity index (χ4v) is 1.53. The molecule has 0 radical (unpaired) electrons. The SMILES string of the molecule is N#Cc1ccnc(Oc2cc(C(=O)O)ccc2[N+](=O)[O-])c1. The van der Waals surface area contributed by atoms with Gasteiger partial charge in [-0.3, -0.25) is 10.1 Å². The van der Waals surface area contributed by atoms with Crippen LogP contribution in [0.25, 0.3) is 0 Å². The van der Waals surface area contributed by atoms with Crippen molar-refractivity contribution in [2.45, 2.75) is 0 Å². The Labute approximate surface area is 118 Å². The highest BCUT2D eigenvalue weighted by atomic mass is 16.6. The van der Waals surface area contributed by atoms with Gasteiger partial charge in [0.1, 0.15) is 0 Å². The number of rotatable bonds is 4. The monoisotopic (exact) mass is 285 g/mol. The van der Waals surface area contributed by atoms with Gasteiger partial charge in [0.05, 0.1) is 22.1 Å². The minimum absolute atomic E-state index is 0.0420. The predicted octanol–water partition coefficient (Wildman–Crippen LogP) is 2.35. The van der Waals surface area contributed by atoms with Crippen molar-refractivity contribution in [1.29, 1.82) is 5.26 Å². The molecule has 0 unspecified atom stereocenters. The van der Waals surface area contributed by atoms with Gasteiger partial charge in [-0.2, -0.15) is 5.26 Å². The van der Waals surface area contributed by atoms with Gasteiger partial charge in [-0.15, -0.1) is 0 Å². The Kier molecular flexibility index (Phi) is 3.76. The third-order valence-corrected chi connectivity index (χ3v) is 2.48. The van der Waals surface area contributed by atoms with E-state index in [1.807, 2.05) is 6.07 Å². The summed E-state index contributed by atoms with van der Waals surface area (Å²) in [6, 6.07) is 7.77. The number of pyridine rings is 1. The Bertz CT molecular complexity index is 767. The summed E-state index contributed by atoms with van der Waals surface area (Å²) in [5.74, 6) is -1.55. The van der Waals surface area contributed by atoms with Gasteiger partial charge < -0.3 is 9.84 Å². The molecule has 0 saturated heterocycles. The summed E-state index contributed by atoms with van der Waals surface area (Å²) in [5, 5.41) is 28.6. The Hall–Kier alpha value is -3.47. The van der Waals surface area contributed by atoms with Crippen LogP contribution in [0.2, 0.25) is 0 Å². The van der Waals surface area contributed by atoms with Crippen molar-refractivity contribution in [3.63, 3.8) is 0 Å². The maximum Gasteiger partial charge on any atom is 0.335 e. The summed E-state index contributed by atoms with van der Waals surface area (Å²) in [7, 11) is 0. The second-order valence-corrected chi connectivity index (χ2v) is 3.84. The van der Waals surface area contributed by atoms with E-state index in [2.05, 4.69) is 4.98 Å². The third-order valence-electron chi connectivity index (χ3n) is 2.48. The molecular formula is C13H7N3O5. The molecule has 2 aromatic rings. The molecule has 104 valence electrons. The highest BCUT2D eigenvalue weighted by Gasteiger charge is 2.19. The molecule has 0 spiro atoms. The standard InChI is InChI=1S/C13H7N3O5/c14-7-8-3-4-15-12(5-8)21-11-6-9(13(17)18)1-2-10(11)16(19)20/h1-6H,(H,17,18). The number of carbonyl (C=O) groups is 1. The minimum atomic E-state index is -1.24. The van der Waals surface area contributed by atoms with Crippen molar-refractivity contribution in [2.24, 2.45) is 0 Å². The summed E-state index contributed by atoms with van der Waals surface area (Å²) in [4.78, 5) is 24.9. The molecule has 1 aromatic carbocycles. The molecule has 0 amide bonds. The van der Waals surface area contributed by atoms with Crippen molar-refractivity contribution in [3.05, 3.63) is 57.8 Å². The van der Waals surface area contributed by atoms with Crippen molar-refractivity contribution >= 4 is 11.7 Å². The highest BCUT2D eigenvalue weighted by molar-refractivity contribution is 5.88. The Morgan fingerprint density at radius 2 is 2.14 bits per heavy atom. The van der Waals surface area contributed by atoms with E-state index >= 15 is 0 Å². The van der Waals surface area contributed by atoms with E-state index in [1.54, 1.807) is 0 Å². The Morgan fingerprint density at radius 1 is 1.38 bits per heavy atom. The van der Waals surface area contributed by atoms with Gasteiger partial charge in [0.2, 0.25) is 11.6 Å². The van der Waals surface area contributed by atoms with Gasteiger partial charge in [-0.25, -0.2) is 9.78 Å². The fourth-order valence-electron chi connectivity index (χ4n) is 1.53. The lowest BCUT2D eigenvalue weighted by molar-refractivity contribution is -0.385. The molecule has 0 atom stereocenters. The van der Waals surface area contributed by atoms with Crippen LogP contribution in [0.3, 0.4) is 0 Å². The van der Waals surface area contributed by atoms with Crippen LogP contribution in [0.5, 0.6) is 11.6 Å². The first kappa shape index (κ1) is 14.0. The van der Waals surface area contributed by atoms with Gasteiger partial charge >= 0.3 is 11.7 Å². The maximum absolute atomic E-state index is 10.9. The molecule has 1 N–H and O–H groups in total. The molecule has 0 saturated carbocycles. The zero-order valence-electron chi connectivity index (χ0n) is 10.4. The number of nitro benzene ring substituents is 1. The fraction of sp³-hybridized carbons (Fsp3) is 0. The number of carboxylic acids is 1. The molecule has 8 heteroatoms. The second kappa shape index (κ2) is 5.66. The summed E-state index contributed by atoms with van der Waals surface area (Å²) in [5.41, 5.74) is -0.298. The van der Waals surface area contributed by atoms with Gasteiger partial charge in [-0.1, -0.05) is 0 Å². The maximum atomic E-state index is 10.9. The first-order valence-electron chi connectivity index (χ1n) is 5.57. The van der Waals surface area contributed by atoms with Crippen LogP contribution >= 0.6 is 0 Å². The van der Waals surface area contributed by atoms with E-state index in [0.29, 0.717) is 0 Å². The number of ether oxygens (including phenoxy) is 1. The molecule has 8 nitrogen and oxygen atoms in total. The van der Waals surface area contributed by atoms with Crippen molar-refractivity contribution in [1.82, 2.24) is 4.98 Å². The molecular weight excluding hydrogens is 278 g/mol. The molecule has 0 bridgehead atoms. The zero-order valence-corrected chi connectivity index (χ0v) is 10.4. The molecule has 0 aliphatic heterocycles. The largest absolute Gasteiger partial charge is 0.478 e.